The number of hydrogen-bond donors (Lipinski definition) is 1. The third-order valence-corrected chi connectivity index (χ3v) is 6.78. The average Bonchev–Trinajstić information content (AvgIpc) is 3.10. The number of carbonyl (C=O) groups excluding carboxylic acids is 3. The molecule has 0 aliphatic carbocycles. The number of halogens is 4. The number of ether oxygens (including phenoxy) is 4. The number of esters is 2. The molecule has 0 radical (unpaired) electrons. The Kier molecular flexibility index (Phi) is 19.8. The lowest BCUT2D eigenvalue weighted by atomic mass is 10.1. The summed E-state index contributed by atoms with van der Waals surface area (Å²) in [6.45, 7) is 9.46. The number of anilines is 1. The Bertz CT molecular complexity index is 2050. The van der Waals surface area contributed by atoms with E-state index >= 15 is 0 Å². The first kappa shape index (κ1) is 45.2. The highest BCUT2D eigenvalue weighted by Crippen LogP contribution is 2.15. The largest absolute Gasteiger partial charge is 0.394 e. The fourth-order valence-corrected chi connectivity index (χ4v) is 4.50. The number of ketones is 1. The molecule has 2 aromatic carbocycles. The van der Waals surface area contributed by atoms with Crippen LogP contribution in [0.1, 0.15) is 50.7 Å². The zero-order chi connectivity index (χ0) is 40.2. The Morgan fingerprint density at radius 3 is 1.91 bits per heavy atom. The van der Waals surface area contributed by atoms with E-state index in [0.29, 0.717) is 40.3 Å². The second kappa shape index (κ2) is 23.7. The highest BCUT2D eigenvalue weighted by Gasteiger charge is 2.14. The summed E-state index contributed by atoms with van der Waals surface area (Å²) in [5.74, 6) is -2.16. The van der Waals surface area contributed by atoms with E-state index in [1.165, 1.54) is 67.5 Å². The van der Waals surface area contributed by atoms with Crippen LogP contribution in [-0.2, 0) is 35.0 Å². The van der Waals surface area contributed by atoms with Gasteiger partial charge in [-0.1, -0.05) is 18.2 Å². The van der Waals surface area contributed by atoms with Crippen molar-refractivity contribution in [3.63, 3.8) is 0 Å². The van der Waals surface area contributed by atoms with Crippen LogP contribution in [0, 0.1) is 11.6 Å². The van der Waals surface area contributed by atoms with E-state index < -0.39 is 29.8 Å². The molecule has 288 valence electrons. The number of hydrogen-bond acceptors (Lipinski definition) is 14. The van der Waals surface area contributed by atoms with Crippen LogP contribution in [0.3, 0.4) is 0 Å². The minimum absolute atomic E-state index is 0.0348. The number of nitrogen functional groups attached to an aromatic ring is 1. The van der Waals surface area contributed by atoms with E-state index in [1.807, 2.05) is 20.8 Å². The zero-order valence-corrected chi connectivity index (χ0v) is 33.0. The maximum Gasteiger partial charge on any atom is 0.310 e. The Labute approximate surface area is 325 Å². The molecule has 15 nitrogen and oxygen atoms in total. The third kappa shape index (κ3) is 16.0. The van der Waals surface area contributed by atoms with E-state index in [1.54, 1.807) is 18.2 Å². The second-order valence-corrected chi connectivity index (χ2v) is 11.8. The standard InChI is InChI=1S/C12H6BrFN4O.C12H9BrFN3O.C7H16O3.C4H6O3/c13-9-5-15-11-10(17-9)12(19)18(6-16-11)8-3-1-2-7(14)4-8;13-10-6-16-12(15)11(17-10)9(18)5-7-2-1-3-8(14)4-7;1-4-8-7(9-5-2)10-6-3;1-3(5)7-4(2)6/h1-6H;1-4,6H,5H2,(H2,15,16);7H,4-6H2,1-3H3;1-2H3. The van der Waals surface area contributed by atoms with Crippen LogP contribution >= 0.6 is 31.9 Å². The fourth-order valence-electron chi connectivity index (χ4n) is 3.94. The molecular weight excluding hydrogens is 844 g/mol. The van der Waals surface area contributed by atoms with Gasteiger partial charge in [0.15, 0.2) is 22.8 Å². The number of nitrogens with two attached hydrogens (primary N) is 1. The lowest BCUT2D eigenvalue weighted by Crippen LogP contribution is -2.20. The molecule has 19 heteroatoms. The summed E-state index contributed by atoms with van der Waals surface area (Å²) in [7, 11) is 0. The van der Waals surface area contributed by atoms with Gasteiger partial charge in [-0.25, -0.2) is 33.7 Å². The minimum Gasteiger partial charge on any atom is -0.394 e. The van der Waals surface area contributed by atoms with Gasteiger partial charge in [0.2, 0.25) is 0 Å². The summed E-state index contributed by atoms with van der Waals surface area (Å²) in [6.07, 6.45) is 4.21. The molecule has 0 atom stereocenters. The van der Waals surface area contributed by atoms with Crippen molar-refractivity contribution in [3.05, 3.63) is 110 Å². The second-order valence-electron chi connectivity index (χ2n) is 10.2. The zero-order valence-electron chi connectivity index (χ0n) is 29.8. The Morgan fingerprint density at radius 1 is 0.815 bits per heavy atom. The lowest BCUT2D eigenvalue weighted by Gasteiger charge is -2.15. The first-order valence-electron chi connectivity index (χ1n) is 15.9. The third-order valence-electron chi connectivity index (χ3n) is 6.01. The van der Waals surface area contributed by atoms with E-state index in [2.05, 4.69) is 61.5 Å². The smallest absolute Gasteiger partial charge is 0.310 e. The van der Waals surface area contributed by atoms with Crippen LogP contribution in [-0.4, -0.2) is 73.5 Å². The molecule has 0 fully saturated rings. The Morgan fingerprint density at radius 2 is 1.37 bits per heavy atom. The molecule has 0 unspecified atom stereocenters. The van der Waals surface area contributed by atoms with Crippen molar-refractivity contribution in [2.45, 2.75) is 47.5 Å². The molecule has 0 aliphatic heterocycles. The van der Waals surface area contributed by atoms with Crippen LogP contribution in [0.25, 0.3) is 16.9 Å². The quantitative estimate of drug-likeness (QED) is 0.0748. The molecule has 5 rings (SSSR count). The van der Waals surface area contributed by atoms with Crippen LogP contribution in [0.15, 0.2) is 81.3 Å². The molecule has 0 amide bonds. The van der Waals surface area contributed by atoms with Crippen molar-refractivity contribution >= 4 is 66.6 Å². The van der Waals surface area contributed by atoms with Gasteiger partial charge in [-0.05, 0) is 88.5 Å². The molecule has 3 aromatic heterocycles. The number of fused-ring (bicyclic) bond motifs is 1. The fraction of sp³-hybridized carbons (Fsp3) is 0.286. The van der Waals surface area contributed by atoms with Gasteiger partial charge in [0.25, 0.3) is 12.0 Å². The van der Waals surface area contributed by atoms with E-state index in [9.17, 15) is 28.0 Å². The highest BCUT2D eigenvalue weighted by molar-refractivity contribution is 9.10. The van der Waals surface area contributed by atoms with Crippen molar-refractivity contribution in [2.24, 2.45) is 0 Å². The Hall–Kier alpha value is -4.95. The maximum absolute atomic E-state index is 13.2. The first-order chi connectivity index (χ1) is 25.7. The van der Waals surface area contributed by atoms with Crippen molar-refractivity contribution in [1.82, 2.24) is 29.5 Å². The number of aromatic nitrogens is 6. The summed E-state index contributed by atoms with van der Waals surface area (Å²) in [5.41, 5.74) is 6.61. The van der Waals surface area contributed by atoms with Crippen molar-refractivity contribution in [1.29, 1.82) is 0 Å². The first-order valence-corrected chi connectivity index (χ1v) is 17.5. The minimum atomic E-state index is -0.562. The van der Waals surface area contributed by atoms with Crippen LogP contribution < -0.4 is 11.3 Å². The van der Waals surface area contributed by atoms with E-state index in [0.717, 1.165) is 0 Å². The summed E-state index contributed by atoms with van der Waals surface area (Å²) >= 11 is 6.27. The van der Waals surface area contributed by atoms with Gasteiger partial charge in [0, 0.05) is 40.1 Å². The summed E-state index contributed by atoms with van der Waals surface area (Å²) in [5, 5.41) is 0. The van der Waals surface area contributed by atoms with Crippen molar-refractivity contribution in [2.75, 3.05) is 25.6 Å². The number of nitrogens with zero attached hydrogens (tertiary/aromatic N) is 6. The molecule has 3 heterocycles. The topological polar surface area (TPSA) is 201 Å². The van der Waals surface area contributed by atoms with Gasteiger partial charge in [0.05, 0.1) is 18.1 Å². The molecular formula is C35H37Br2F2N7O8. The van der Waals surface area contributed by atoms with Crippen molar-refractivity contribution < 1.29 is 42.1 Å². The lowest BCUT2D eigenvalue weighted by molar-refractivity contribution is -0.282. The number of rotatable bonds is 10. The Balaban J connectivity index is 0.000000268. The molecule has 0 bridgehead atoms. The predicted octanol–water partition coefficient (Wildman–Crippen LogP) is 5.94. The molecule has 0 saturated heterocycles. The number of benzene rings is 2. The number of carbonyl (C=O) groups is 3. The highest BCUT2D eigenvalue weighted by atomic mass is 79.9. The molecule has 54 heavy (non-hydrogen) atoms. The molecule has 2 N–H and O–H groups in total. The summed E-state index contributed by atoms with van der Waals surface area (Å²) in [4.78, 5) is 63.7. The van der Waals surface area contributed by atoms with Crippen LogP contribution in [0.5, 0.6) is 0 Å². The van der Waals surface area contributed by atoms with E-state index in [-0.39, 0.29) is 40.7 Å². The monoisotopic (exact) mass is 879 g/mol. The SMILES string of the molecule is CC(=O)OC(C)=O.CCOC(OCC)OCC.Nc1ncc(Br)nc1C(=O)Cc1cccc(F)c1.O=c1c2nc(Br)cnc2ncn1-c1cccc(F)c1. The van der Waals surface area contributed by atoms with Gasteiger partial charge in [-0.2, -0.15) is 0 Å². The maximum atomic E-state index is 13.2. The van der Waals surface area contributed by atoms with Gasteiger partial charge in [0.1, 0.15) is 32.9 Å². The average molecular weight is 882 g/mol. The van der Waals surface area contributed by atoms with E-state index in [4.69, 9.17) is 19.9 Å². The van der Waals surface area contributed by atoms with Gasteiger partial charge in [-0.3, -0.25) is 23.7 Å². The van der Waals surface area contributed by atoms with Crippen molar-refractivity contribution in [3.8, 4) is 5.69 Å². The molecule has 0 saturated carbocycles. The van der Waals surface area contributed by atoms with Crippen LogP contribution in [0.4, 0.5) is 14.6 Å². The van der Waals surface area contributed by atoms with Gasteiger partial charge in [-0.15, -0.1) is 0 Å². The van der Waals surface area contributed by atoms with Gasteiger partial charge >= 0.3 is 11.9 Å². The van der Waals surface area contributed by atoms with Gasteiger partial charge < -0.3 is 24.7 Å². The molecule has 5 aromatic rings. The summed E-state index contributed by atoms with van der Waals surface area (Å²) < 4.78 is 47.5. The molecule has 0 aliphatic rings. The number of Topliss-reactive ketones (excluding diaryl/α,β-unsaturated/α-hetero) is 1. The summed E-state index contributed by atoms with van der Waals surface area (Å²) in [6, 6.07) is 11.5. The molecule has 0 spiro atoms. The van der Waals surface area contributed by atoms with Crippen LogP contribution in [0.2, 0.25) is 0 Å². The predicted molar refractivity (Wildman–Crippen MR) is 200 cm³/mol. The normalized spacial score (nSPS) is 10.3.